The summed E-state index contributed by atoms with van der Waals surface area (Å²) in [6.07, 6.45) is 7.92. The molecule has 1 aromatic heterocycles. The number of pyridine rings is 1. The van der Waals surface area contributed by atoms with Gasteiger partial charge in [-0.3, -0.25) is 4.98 Å². The van der Waals surface area contributed by atoms with Gasteiger partial charge in [-0.05, 0) is 30.2 Å². The molecule has 0 amide bonds. The minimum absolute atomic E-state index is 0. The third-order valence-electron chi connectivity index (χ3n) is 1.57. The van der Waals surface area contributed by atoms with Gasteiger partial charge in [0.15, 0.2) is 0 Å². The van der Waals surface area contributed by atoms with Gasteiger partial charge >= 0.3 is 29.6 Å². The first-order valence-electron chi connectivity index (χ1n) is 4.16. The molecule has 1 heterocycles. The molecule has 0 unspecified atom stereocenters. The number of allylic oxidation sites excluding steroid dienone is 2. The van der Waals surface area contributed by atoms with Crippen LogP contribution in [0.1, 0.15) is 12.5 Å². The second kappa shape index (κ2) is 7.40. The van der Waals surface area contributed by atoms with E-state index < -0.39 is 5.97 Å². The number of aromatic nitrogens is 1. The number of carbonyl (C=O) groups excluding carboxylic acids is 1. The van der Waals surface area contributed by atoms with Crippen LogP contribution < -0.4 is 34.7 Å². The van der Waals surface area contributed by atoms with E-state index in [9.17, 15) is 9.90 Å². The summed E-state index contributed by atoms with van der Waals surface area (Å²) >= 11 is 0. The van der Waals surface area contributed by atoms with E-state index in [1.54, 1.807) is 31.5 Å². The molecule has 1 aromatic rings. The molecular formula is C11H10NNaO2. The van der Waals surface area contributed by atoms with Crippen molar-refractivity contribution in [3.8, 4) is 0 Å². The number of aliphatic carboxylic acids is 1. The van der Waals surface area contributed by atoms with Gasteiger partial charge in [0, 0.05) is 12.4 Å². The SMILES string of the molecule is CC(/C=C\c1cccnc1)=C/C(=O)[O-].[Na+]. The number of rotatable bonds is 3. The Morgan fingerprint density at radius 3 is 2.80 bits per heavy atom. The second-order valence-electron chi connectivity index (χ2n) is 2.83. The summed E-state index contributed by atoms with van der Waals surface area (Å²) in [5.41, 5.74) is 1.56. The van der Waals surface area contributed by atoms with Crippen molar-refractivity contribution in [2.75, 3.05) is 0 Å². The average molecular weight is 211 g/mol. The van der Waals surface area contributed by atoms with Crippen molar-refractivity contribution in [3.63, 3.8) is 0 Å². The molecule has 0 radical (unpaired) electrons. The van der Waals surface area contributed by atoms with E-state index in [-0.39, 0.29) is 29.6 Å². The van der Waals surface area contributed by atoms with Crippen molar-refractivity contribution in [2.45, 2.75) is 6.92 Å². The molecule has 0 spiro atoms. The predicted molar refractivity (Wildman–Crippen MR) is 52.0 cm³/mol. The molecule has 0 aliphatic carbocycles. The quantitative estimate of drug-likeness (QED) is 0.324. The third-order valence-corrected chi connectivity index (χ3v) is 1.57. The Balaban J connectivity index is 0.00000196. The molecule has 72 valence electrons. The molecule has 0 saturated heterocycles. The van der Waals surface area contributed by atoms with Crippen molar-refractivity contribution in [2.24, 2.45) is 0 Å². The number of hydrogen-bond donors (Lipinski definition) is 0. The first kappa shape index (κ1) is 14.1. The van der Waals surface area contributed by atoms with Crippen molar-refractivity contribution in [3.05, 3.63) is 47.8 Å². The summed E-state index contributed by atoms with van der Waals surface area (Å²) in [6, 6.07) is 3.70. The van der Waals surface area contributed by atoms with E-state index in [4.69, 9.17) is 0 Å². The van der Waals surface area contributed by atoms with Gasteiger partial charge in [-0.15, -0.1) is 0 Å². The van der Waals surface area contributed by atoms with Crippen molar-refractivity contribution in [1.82, 2.24) is 4.98 Å². The molecule has 0 aliphatic rings. The van der Waals surface area contributed by atoms with Crippen LogP contribution in [0.5, 0.6) is 0 Å². The topological polar surface area (TPSA) is 53.0 Å². The summed E-state index contributed by atoms with van der Waals surface area (Å²) in [5, 5.41) is 10.2. The van der Waals surface area contributed by atoms with E-state index in [1.165, 1.54) is 0 Å². The van der Waals surface area contributed by atoms with Crippen LogP contribution in [0.15, 0.2) is 42.3 Å². The smallest absolute Gasteiger partial charge is 0.545 e. The number of carbonyl (C=O) groups is 1. The molecular weight excluding hydrogens is 201 g/mol. The maximum absolute atomic E-state index is 10.2. The summed E-state index contributed by atoms with van der Waals surface area (Å²) in [4.78, 5) is 14.1. The third kappa shape index (κ3) is 6.23. The molecule has 0 saturated carbocycles. The number of hydrogen-bond acceptors (Lipinski definition) is 3. The summed E-state index contributed by atoms with van der Waals surface area (Å²) in [7, 11) is 0. The first-order chi connectivity index (χ1) is 6.68. The summed E-state index contributed by atoms with van der Waals surface area (Å²) in [5.74, 6) is -1.18. The van der Waals surface area contributed by atoms with Crippen LogP contribution in [0, 0.1) is 0 Å². The number of nitrogens with zero attached hydrogens (tertiary/aromatic N) is 1. The fourth-order valence-corrected chi connectivity index (χ4v) is 0.936. The van der Waals surface area contributed by atoms with Crippen LogP contribution in [-0.2, 0) is 4.79 Å². The van der Waals surface area contributed by atoms with E-state index in [0.717, 1.165) is 11.6 Å². The number of carboxylic acid groups (broad SMARTS) is 1. The normalized spacial score (nSPS) is 11.1. The van der Waals surface area contributed by atoms with E-state index in [2.05, 4.69) is 4.98 Å². The van der Waals surface area contributed by atoms with Gasteiger partial charge in [0.05, 0.1) is 5.97 Å². The predicted octanol–water partition coefficient (Wildman–Crippen LogP) is -2.20. The molecule has 15 heavy (non-hydrogen) atoms. The molecule has 0 bridgehead atoms. The van der Waals surface area contributed by atoms with Crippen LogP contribution in [0.2, 0.25) is 0 Å². The maximum atomic E-state index is 10.2. The Hall–Kier alpha value is -0.900. The maximum Gasteiger partial charge on any atom is 1.00 e. The van der Waals surface area contributed by atoms with Crippen LogP contribution in [0.3, 0.4) is 0 Å². The molecule has 0 fully saturated rings. The molecule has 0 aromatic carbocycles. The zero-order valence-corrected chi connectivity index (χ0v) is 10.8. The van der Waals surface area contributed by atoms with Crippen LogP contribution in [-0.4, -0.2) is 11.0 Å². The Labute approximate surface area is 111 Å². The monoisotopic (exact) mass is 211 g/mol. The van der Waals surface area contributed by atoms with Crippen LogP contribution >= 0.6 is 0 Å². The fourth-order valence-electron chi connectivity index (χ4n) is 0.936. The molecule has 0 N–H and O–H groups in total. The Morgan fingerprint density at radius 2 is 2.27 bits per heavy atom. The second-order valence-corrected chi connectivity index (χ2v) is 2.83. The summed E-state index contributed by atoms with van der Waals surface area (Å²) in [6.45, 7) is 1.70. The Bertz CT molecular complexity index is 371. The van der Waals surface area contributed by atoms with Gasteiger partial charge in [0.2, 0.25) is 0 Å². The first-order valence-corrected chi connectivity index (χ1v) is 4.16. The minimum Gasteiger partial charge on any atom is -0.545 e. The summed E-state index contributed by atoms with van der Waals surface area (Å²) < 4.78 is 0. The van der Waals surface area contributed by atoms with Gasteiger partial charge in [-0.1, -0.05) is 18.2 Å². The molecule has 4 heteroatoms. The van der Waals surface area contributed by atoms with Gasteiger partial charge in [-0.25, -0.2) is 0 Å². The Morgan fingerprint density at radius 1 is 1.53 bits per heavy atom. The van der Waals surface area contributed by atoms with Crippen molar-refractivity contribution in [1.29, 1.82) is 0 Å². The zero-order valence-electron chi connectivity index (χ0n) is 8.81. The van der Waals surface area contributed by atoms with E-state index in [1.807, 2.05) is 12.1 Å². The molecule has 3 nitrogen and oxygen atoms in total. The van der Waals surface area contributed by atoms with Gasteiger partial charge in [-0.2, -0.15) is 0 Å². The van der Waals surface area contributed by atoms with Crippen molar-refractivity contribution >= 4 is 12.0 Å². The minimum atomic E-state index is -1.18. The van der Waals surface area contributed by atoms with Crippen LogP contribution in [0.4, 0.5) is 0 Å². The largest absolute Gasteiger partial charge is 1.00 e. The number of carboxylic acids is 1. The standard InChI is InChI=1S/C11H11NO2.Na/c1-9(7-11(13)14)4-5-10-3-2-6-12-8-10;/h2-8H,1H3,(H,13,14);/q;+1/p-1/b5-4-,9-7-;. The molecule has 0 aliphatic heterocycles. The van der Waals surface area contributed by atoms with Crippen LogP contribution in [0.25, 0.3) is 6.08 Å². The van der Waals surface area contributed by atoms with Gasteiger partial charge in [0.25, 0.3) is 0 Å². The van der Waals surface area contributed by atoms with Gasteiger partial charge in [0.1, 0.15) is 0 Å². The van der Waals surface area contributed by atoms with Gasteiger partial charge < -0.3 is 9.90 Å². The molecule has 1 rings (SSSR count). The molecule has 0 atom stereocenters. The van der Waals surface area contributed by atoms with E-state index in [0.29, 0.717) is 5.57 Å². The average Bonchev–Trinajstić information content (AvgIpc) is 2.15. The van der Waals surface area contributed by atoms with E-state index >= 15 is 0 Å². The zero-order chi connectivity index (χ0) is 10.4. The Kier molecular flexibility index (Phi) is 6.96. The van der Waals surface area contributed by atoms with Crippen molar-refractivity contribution < 1.29 is 39.5 Å². The fraction of sp³-hybridized carbons (Fsp3) is 0.0909.